The number of nitro groups is 1. The maximum atomic E-state index is 12.7. The molecule has 0 aliphatic heterocycles. The minimum atomic E-state index is -4.58. The molecule has 1 atom stereocenters. The molecule has 0 aromatic heterocycles. The maximum absolute atomic E-state index is 12.7. The molecule has 32 heavy (non-hydrogen) atoms. The van der Waals surface area contributed by atoms with Crippen LogP contribution in [0.15, 0.2) is 42.5 Å². The Morgan fingerprint density at radius 2 is 1.94 bits per heavy atom. The van der Waals surface area contributed by atoms with Gasteiger partial charge >= 0.3 is 18.4 Å². The van der Waals surface area contributed by atoms with Crippen molar-refractivity contribution in [1.82, 2.24) is 0 Å². The largest absolute Gasteiger partial charge is 0.456 e. The summed E-state index contributed by atoms with van der Waals surface area (Å²) in [4.78, 5) is 33.7. The number of nitrogens with zero attached hydrogens (tertiary/aromatic N) is 1. The quantitative estimate of drug-likeness (QED) is 0.135. The van der Waals surface area contributed by atoms with Gasteiger partial charge in [0.25, 0.3) is 0 Å². The van der Waals surface area contributed by atoms with Crippen LogP contribution in [0.1, 0.15) is 15.9 Å². The minimum Gasteiger partial charge on any atom is -0.456 e. The third-order valence-electron chi connectivity index (χ3n) is 3.71. The summed E-state index contributed by atoms with van der Waals surface area (Å²) in [6.45, 7) is -1.35. The van der Waals surface area contributed by atoms with Gasteiger partial charge in [-0.2, -0.15) is 13.2 Å². The van der Waals surface area contributed by atoms with Gasteiger partial charge in [-0.15, -0.1) is 6.42 Å². The Bertz CT molecular complexity index is 1070. The van der Waals surface area contributed by atoms with E-state index in [0.717, 1.165) is 12.1 Å². The van der Waals surface area contributed by atoms with E-state index in [4.69, 9.17) is 27.5 Å². The van der Waals surface area contributed by atoms with E-state index >= 15 is 0 Å². The first-order chi connectivity index (χ1) is 15.0. The van der Waals surface area contributed by atoms with Crippen molar-refractivity contribution >= 4 is 23.4 Å². The number of Topliss-reactive ketones (excluding diaryl/α,β-unsaturated/α-hetero) is 1. The average Bonchev–Trinajstić information content (AvgIpc) is 2.72. The molecule has 0 bridgehead atoms. The summed E-state index contributed by atoms with van der Waals surface area (Å²) in [7, 11) is 0. The fraction of sp³-hybridized carbons (Fsp3) is 0.200. The molecule has 8 nitrogen and oxygen atoms in total. The number of carbonyl (C=O) groups excluding carboxylic acids is 2. The number of hydrogen-bond donors (Lipinski definition) is 0. The van der Waals surface area contributed by atoms with E-state index in [1.165, 1.54) is 24.3 Å². The summed E-state index contributed by atoms with van der Waals surface area (Å²) < 4.78 is 52.8. The van der Waals surface area contributed by atoms with Gasteiger partial charge in [0.2, 0.25) is 0 Å². The van der Waals surface area contributed by atoms with Crippen molar-refractivity contribution in [3.63, 3.8) is 0 Å². The zero-order chi connectivity index (χ0) is 23.9. The first-order valence-corrected chi connectivity index (χ1v) is 8.93. The van der Waals surface area contributed by atoms with Crippen molar-refractivity contribution in [1.29, 1.82) is 0 Å². The molecule has 0 saturated heterocycles. The summed E-state index contributed by atoms with van der Waals surface area (Å²) in [5, 5.41) is 10.6. The predicted octanol–water partition coefficient (Wildman–Crippen LogP) is 4.13. The molecule has 0 amide bonds. The number of ether oxygens (including phenoxy) is 3. The highest BCUT2D eigenvalue weighted by Gasteiger charge is 2.33. The van der Waals surface area contributed by atoms with Crippen molar-refractivity contribution in [3.8, 4) is 23.8 Å². The molecule has 0 saturated carbocycles. The standard InChI is InChI=1S/C20H13ClF3NO7/c1-2-8-30-19(27)18(25(28)29)31-11-16(26)12-4-3-5-14(9-12)32-17-7-6-13(10-15(17)21)20(22,23)24/h1,3-7,9-10,18H,8,11H2. The summed E-state index contributed by atoms with van der Waals surface area (Å²) in [5.41, 5.74) is -0.971. The fourth-order valence-corrected chi connectivity index (χ4v) is 2.48. The van der Waals surface area contributed by atoms with E-state index in [1.54, 1.807) is 0 Å². The number of carbonyl (C=O) groups is 2. The fourth-order valence-electron chi connectivity index (χ4n) is 2.26. The molecule has 0 heterocycles. The van der Waals surface area contributed by atoms with Crippen LogP contribution in [0.3, 0.4) is 0 Å². The number of halogens is 4. The molecule has 2 aromatic carbocycles. The molecule has 0 aliphatic carbocycles. The van der Waals surface area contributed by atoms with Crippen molar-refractivity contribution in [2.24, 2.45) is 0 Å². The van der Waals surface area contributed by atoms with Crippen LogP contribution in [-0.2, 0) is 20.4 Å². The molecule has 2 rings (SSSR count). The second-order valence-corrected chi connectivity index (χ2v) is 6.36. The van der Waals surface area contributed by atoms with Crippen LogP contribution in [0.5, 0.6) is 11.5 Å². The Morgan fingerprint density at radius 1 is 1.22 bits per heavy atom. The normalized spacial score (nSPS) is 11.8. The van der Waals surface area contributed by atoms with Gasteiger partial charge in [0.05, 0.1) is 15.5 Å². The highest BCUT2D eigenvalue weighted by molar-refractivity contribution is 6.32. The Kier molecular flexibility index (Phi) is 8.17. The van der Waals surface area contributed by atoms with E-state index < -0.39 is 47.9 Å². The molecular weight excluding hydrogens is 459 g/mol. The third kappa shape index (κ3) is 6.69. The van der Waals surface area contributed by atoms with E-state index in [2.05, 4.69) is 4.74 Å². The molecule has 168 valence electrons. The Balaban J connectivity index is 2.09. The summed E-state index contributed by atoms with van der Waals surface area (Å²) in [5.74, 6) is -0.194. The molecule has 0 N–H and O–H groups in total. The smallest absolute Gasteiger partial charge is 0.416 e. The Labute approximate surface area is 184 Å². The van der Waals surface area contributed by atoms with Crippen molar-refractivity contribution < 1.29 is 41.9 Å². The predicted molar refractivity (Wildman–Crippen MR) is 104 cm³/mol. The Hall–Kier alpha value is -3.62. The minimum absolute atomic E-state index is 0.00961. The summed E-state index contributed by atoms with van der Waals surface area (Å²) >= 11 is 5.84. The molecule has 0 aliphatic rings. The van der Waals surface area contributed by atoms with Crippen LogP contribution < -0.4 is 4.74 Å². The number of ketones is 1. The lowest BCUT2D eigenvalue weighted by Gasteiger charge is -2.12. The lowest BCUT2D eigenvalue weighted by Crippen LogP contribution is -2.35. The molecule has 0 spiro atoms. The maximum Gasteiger partial charge on any atom is 0.416 e. The van der Waals surface area contributed by atoms with E-state index in [9.17, 15) is 32.9 Å². The zero-order valence-corrected chi connectivity index (χ0v) is 16.7. The van der Waals surface area contributed by atoms with Gasteiger partial charge in [0.15, 0.2) is 12.4 Å². The van der Waals surface area contributed by atoms with Crippen molar-refractivity contribution in [3.05, 3.63) is 68.7 Å². The van der Waals surface area contributed by atoms with Gasteiger partial charge in [0, 0.05) is 5.56 Å². The summed E-state index contributed by atoms with van der Waals surface area (Å²) in [6, 6.07) is 7.85. The number of benzene rings is 2. The Morgan fingerprint density at radius 3 is 2.53 bits per heavy atom. The average molecular weight is 472 g/mol. The first-order valence-electron chi connectivity index (χ1n) is 8.56. The van der Waals surface area contributed by atoms with Crippen LogP contribution in [0.25, 0.3) is 0 Å². The van der Waals surface area contributed by atoms with Gasteiger partial charge < -0.3 is 9.47 Å². The van der Waals surface area contributed by atoms with Crippen LogP contribution in [0.2, 0.25) is 5.02 Å². The third-order valence-corrected chi connectivity index (χ3v) is 4.00. The highest BCUT2D eigenvalue weighted by Crippen LogP contribution is 2.36. The van der Waals surface area contributed by atoms with Gasteiger partial charge in [0.1, 0.15) is 18.1 Å². The van der Waals surface area contributed by atoms with Gasteiger partial charge in [-0.1, -0.05) is 29.7 Å². The number of esters is 1. The van der Waals surface area contributed by atoms with Crippen LogP contribution >= 0.6 is 11.6 Å². The van der Waals surface area contributed by atoms with Gasteiger partial charge in [-0.05, 0) is 30.3 Å². The van der Waals surface area contributed by atoms with Crippen LogP contribution in [0, 0.1) is 22.5 Å². The van der Waals surface area contributed by atoms with Crippen molar-refractivity contribution in [2.75, 3.05) is 13.2 Å². The van der Waals surface area contributed by atoms with Gasteiger partial charge in [-0.3, -0.25) is 19.6 Å². The molecule has 0 radical (unpaired) electrons. The molecular formula is C20H13ClF3NO7. The molecule has 1 unspecified atom stereocenters. The monoisotopic (exact) mass is 471 g/mol. The first kappa shape index (κ1) is 24.6. The second kappa shape index (κ2) is 10.6. The second-order valence-electron chi connectivity index (χ2n) is 5.96. The molecule has 12 heteroatoms. The SMILES string of the molecule is C#CCOC(=O)C(OCC(=O)c1cccc(Oc2ccc(C(F)(F)F)cc2Cl)c1)[N+](=O)[O-]. The van der Waals surface area contributed by atoms with E-state index in [0.29, 0.717) is 6.07 Å². The van der Waals surface area contributed by atoms with Gasteiger partial charge in [-0.25, -0.2) is 4.79 Å². The number of rotatable bonds is 9. The summed E-state index contributed by atoms with van der Waals surface area (Å²) in [6.07, 6.45) is -1.94. The highest BCUT2D eigenvalue weighted by atomic mass is 35.5. The topological polar surface area (TPSA) is 105 Å². The lowest BCUT2D eigenvalue weighted by atomic mass is 10.1. The van der Waals surface area contributed by atoms with E-state index in [-0.39, 0.29) is 22.1 Å². The molecule has 2 aromatic rings. The van der Waals surface area contributed by atoms with Crippen LogP contribution in [0.4, 0.5) is 13.2 Å². The molecule has 0 fully saturated rings. The van der Waals surface area contributed by atoms with E-state index in [1.807, 2.05) is 5.92 Å². The van der Waals surface area contributed by atoms with Crippen LogP contribution in [-0.4, -0.2) is 36.1 Å². The lowest BCUT2D eigenvalue weighted by molar-refractivity contribution is -0.560. The zero-order valence-electron chi connectivity index (χ0n) is 15.9. The number of hydrogen-bond acceptors (Lipinski definition) is 7. The number of alkyl halides is 3. The number of terminal acetylenes is 1. The van der Waals surface area contributed by atoms with Crippen molar-refractivity contribution in [2.45, 2.75) is 12.4 Å².